The van der Waals surface area contributed by atoms with E-state index in [2.05, 4.69) is 47.6 Å². The Kier molecular flexibility index (Phi) is 6.34. The van der Waals surface area contributed by atoms with E-state index < -0.39 is 9.76 Å². The van der Waals surface area contributed by atoms with Gasteiger partial charge >= 0.3 is 0 Å². The minimum atomic E-state index is -0.451. The Morgan fingerprint density at radius 3 is 1.92 bits per heavy atom. The molecule has 0 spiro atoms. The molecule has 0 aliphatic carbocycles. The van der Waals surface area contributed by atoms with Gasteiger partial charge in [-0.3, -0.25) is 0 Å². The third-order valence-corrected chi connectivity index (χ3v) is 4.09. The van der Waals surface area contributed by atoms with E-state index in [4.69, 9.17) is 4.43 Å². The third kappa shape index (κ3) is 7.02. The molecule has 1 nitrogen and oxygen atoms in total. The Morgan fingerprint density at radius 2 is 1.62 bits per heavy atom. The predicted octanol–water partition coefficient (Wildman–Crippen LogP) is 2.69. The van der Waals surface area contributed by atoms with Gasteiger partial charge in [-0.2, -0.15) is 0 Å². The first-order chi connectivity index (χ1) is 5.93. The number of rotatable bonds is 5. The smallest absolute Gasteiger partial charge is 0.188 e. The third-order valence-electron chi connectivity index (χ3n) is 1.87. The summed E-state index contributed by atoms with van der Waals surface area (Å²) < 4.78 is 5.74. The van der Waals surface area contributed by atoms with Gasteiger partial charge in [0.25, 0.3) is 0 Å². The van der Waals surface area contributed by atoms with Crippen LogP contribution in [-0.2, 0) is 4.43 Å². The second kappa shape index (κ2) is 6.38. The summed E-state index contributed by atoms with van der Waals surface area (Å²) in [5.41, 5.74) is 0. The summed E-state index contributed by atoms with van der Waals surface area (Å²) in [5.74, 6) is 1.31. The molecular formula is C11H24OSi. The first-order valence-corrected chi connectivity index (χ1v) is 6.54. The van der Waals surface area contributed by atoms with Gasteiger partial charge in [-0.25, -0.2) is 0 Å². The highest BCUT2D eigenvalue weighted by molar-refractivity contribution is 6.38. The average Bonchev–Trinajstić information content (AvgIpc) is 1.96. The summed E-state index contributed by atoms with van der Waals surface area (Å²) in [6.07, 6.45) is 2.76. The van der Waals surface area contributed by atoms with Crippen LogP contribution in [0.1, 0.15) is 41.5 Å². The van der Waals surface area contributed by atoms with Gasteiger partial charge in [0.1, 0.15) is 0 Å². The van der Waals surface area contributed by atoms with Crippen molar-refractivity contribution in [3.8, 4) is 0 Å². The highest BCUT2D eigenvalue weighted by atomic mass is 28.2. The molecule has 0 unspecified atom stereocenters. The van der Waals surface area contributed by atoms with Crippen LogP contribution in [0.25, 0.3) is 0 Å². The lowest BCUT2D eigenvalue weighted by Crippen LogP contribution is -2.13. The van der Waals surface area contributed by atoms with Gasteiger partial charge in [0, 0.05) is 6.10 Å². The lowest BCUT2D eigenvalue weighted by molar-refractivity contribution is 0.257. The molecule has 0 fully saturated rings. The van der Waals surface area contributed by atoms with Crippen LogP contribution in [0.4, 0.5) is 0 Å². The SMILES string of the molecule is CC(C)C=C([SiH2]OC(C)C)C(C)C. The maximum atomic E-state index is 5.74. The van der Waals surface area contributed by atoms with Crippen molar-refractivity contribution in [3.63, 3.8) is 0 Å². The molecule has 0 atom stereocenters. The highest BCUT2D eigenvalue weighted by Crippen LogP contribution is 2.12. The Bertz CT molecular complexity index is 159. The molecular weight excluding hydrogens is 176 g/mol. The minimum Gasteiger partial charge on any atom is -0.417 e. The van der Waals surface area contributed by atoms with E-state index in [1.54, 1.807) is 5.20 Å². The second-order valence-electron chi connectivity index (χ2n) is 4.50. The monoisotopic (exact) mass is 200 g/mol. The van der Waals surface area contributed by atoms with E-state index in [9.17, 15) is 0 Å². The number of hydrogen-bond acceptors (Lipinski definition) is 1. The van der Waals surface area contributed by atoms with Crippen molar-refractivity contribution in [2.75, 3.05) is 0 Å². The van der Waals surface area contributed by atoms with E-state index in [0.717, 1.165) is 0 Å². The molecule has 2 heteroatoms. The van der Waals surface area contributed by atoms with Crippen LogP contribution in [0.15, 0.2) is 11.3 Å². The summed E-state index contributed by atoms with van der Waals surface area (Å²) in [7, 11) is -0.451. The number of hydrogen-bond donors (Lipinski definition) is 0. The van der Waals surface area contributed by atoms with Crippen LogP contribution in [-0.4, -0.2) is 15.9 Å². The van der Waals surface area contributed by atoms with Gasteiger partial charge in [0.2, 0.25) is 0 Å². The lowest BCUT2D eigenvalue weighted by Gasteiger charge is -2.14. The van der Waals surface area contributed by atoms with Gasteiger partial charge < -0.3 is 4.43 Å². The molecule has 0 amide bonds. The normalized spacial score (nSPS) is 14.4. The fourth-order valence-electron chi connectivity index (χ4n) is 1.10. The Labute approximate surface area is 85.5 Å². The van der Waals surface area contributed by atoms with Crippen molar-refractivity contribution in [2.45, 2.75) is 47.6 Å². The van der Waals surface area contributed by atoms with Crippen LogP contribution in [0.5, 0.6) is 0 Å². The quantitative estimate of drug-likeness (QED) is 0.620. The summed E-state index contributed by atoms with van der Waals surface area (Å²) in [6.45, 7) is 13.2. The van der Waals surface area contributed by atoms with Crippen LogP contribution in [0.2, 0.25) is 0 Å². The Hall–Kier alpha value is -0.0831. The van der Waals surface area contributed by atoms with Crippen molar-refractivity contribution in [1.29, 1.82) is 0 Å². The first kappa shape index (κ1) is 12.9. The second-order valence-corrected chi connectivity index (χ2v) is 5.94. The molecule has 13 heavy (non-hydrogen) atoms. The highest BCUT2D eigenvalue weighted by Gasteiger charge is 2.06. The zero-order chi connectivity index (χ0) is 10.4. The molecule has 0 aromatic heterocycles. The predicted molar refractivity (Wildman–Crippen MR) is 62.5 cm³/mol. The molecule has 0 bridgehead atoms. The van der Waals surface area contributed by atoms with Gasteiger partial charge in [-0.15, -0.1) is 0 Å². The fourth-order valence-corrected chi connectivity index (χ4v) is 2.53. The molecule has 0 radical (unpaired) electrons. The fraction of sp³-hybridized carbons (Fsp3) is 0.818. The molecule has 0 aromatic carbocycles. The summed E-state index contributed by atoms with van der Waals surface area (Å²) in [4.78, 5) is 0. The van der Waals surface area contributed by atoms with E-state index >= 15 is 0 Å². The minimum absolute atomic E-state index is 0.390. The largest absolute Gasteiger partial charge is 0.417 e. The van der Waals surface area contributed by atoms with Crippen LogP contribution < -0.4 is 0 Å². The molecule has 0 aliphatic rings. The van der Waals surface area contributed by atoms with E-state index in [1.165, 1.54) is 0 Å². The topological polar surface area (TPSA) is 9.23 Å². The van der Waals surface area contributed by atoms with E-state index in [1.807, 2.05) is 0 Å². The summed E-state index contributed by atoms with van der Waals surface area (Å²) in [5, 5.41) is 1.56. The average molecular weight is 200 g/mol. The zero-order valence-corrected chi connectivity index (χ0v) is 11.3. The molecule has 0 N–H and O–H groups in total. The first-order valence-electron chi connectivity index (χ1n) is 5.25. The van der Waals surface area contributed by atoms with E-state index in [0.29, 0.717) is 17.9 Å². The molecule has 0 saturated heterocycles. The Morgan fingerprint density at radius 1 is 1.08 bits per heavy atom. The summed E-state index contributed by atoms with van der Waals surface area (Å²) >= 11 is 0. The maximum Gasteiger partial charge on any atom is 0.188 e. The van der Waals surface area contributed by atoms with Crippen molar-refractivity contribution >= 4 is 9.76 Å². The van der Waals surface area contributed by atoms with Gasteiger partial charge in [-0.1, -0.05) is 39.0 Å². The van der Waals surface area contributed by atoms with Crippen LogP contribution in [0, 0.1) is 11.8 Å². The van der Waals surface area contributed by atoms with Gasteiger partial charge in [0.05, 0.1) is 0 Å². The van der Waals surface area contributed by atoms with E-state index in [-0.39, 0.29) is 0 Å². The summed E-state index contributed by atoms with van der Waals surface area (Å²) in [6, 6.07) is 0. The van der Waals surface area contributed by atoms with Crippen molar-refractivity contribution < 1.29 is 4.43 Å². The molecule has 0 aliphatic heterocycles. The Balaban J connectivity index is 4.11. The molecule has 78 valence electrons. The van der Waals surface area contributed by atoms with Crippen LogP contribution in [0.3, 0.4) is 0 Å². The van der Waals surface area contributed by atoms with Crippen molar-refractivity contribution in [1.82, 2.24) is 0 Å². The van der Waals surface area contributed by atoms with Crippen molar-refractivity contribution in [2.24, 2.45) is 11.8 Å². The van der Waals surface area contributed by atoms with Crippen molar-refractivity contribution in [3.05, 3.63) is 11.3 Å². The zero-order valence-electron chi connectivity index (χ0n) is 9.92. The molecule has 0 heterocycles. The molecule has 0 aromatic rings. The lowest BCUT2D eigenvalue weighted by atomic mass is 10.1. The number of allylic oxidation sites excluding steroid dienone is 2. The van der Waals surface area contributed by atoms with Gasteiger partial charge in [0.15, 0.2) is 9.76 Å². The van der Waals surface area contributed by atoms with Crippen LogP contribution >= 0.6 is 0 Å². The standard InChI is InChI=1S/C11H24OSi/c1-8(2)7-11(9(3)4)13-12-10(5)6/h7-10H,13H2,1-6H3. The maximum absolute atomic E-state index is 5.74. The van der Waals surface area contributed by atoms with Gasteiger partial charge in [-0.05, 0) is 25.7 Å². The molecule has 0 rings (SSSR count). The molecule has 0 saturated carbocycles.